The van der Waals surface area contributed by atoms with E-state index in [9.17, 15) is 14.4 Å². The Balaban J connectivity index is 1.54. The molecule has 7 nitrogen and oxygen atoms in total. The Morgan fingerprint density at radius 1 is 1.06 bits per heavy atom. The van der Waals surface area contributed by atoms with Crippen LogP contribution in [0, 0.1) is 13.8 Å². The van der Waals surface area contributed by atoms with Crippen LogP contribution in [-0.2, 0) is 22.7 Å². The Labute approximate surface area is 188 Å². The van der Waals surface area contributed by atoms with E-state index in [1.807, 2.05) is 61.5 Å². The number of aryl methyl sites for hydroxylation is 2. The highest BCUT2D eigenvalue weighted by Crippen LogP contribution is 2.28. The van der Waals surface area contributed by atoms with E-state index in [4.69, 9.17) is 4.74 Å². The number of hydrogen-bond donors (Lipinski definition) is 1. The number of aromatic nitrogens is 2. The average Bonchev–Trinajstić information content (AvgIpc) is 3.14. The Morgan fingerprint density at radius 2 is 1.78 bits per heavy atom. The van der Waals surface area contributed by atoms with Crippen molar-refractivity contribution >= 4 is 39.1 Å². The van der Waals surface area contributed by atoms with Crippen molar-refractivity contribution in [2.24, 2.45) is 0 Å². The lowest BCUT2D eigenvalue weighted by molar-refractivity contribution is -0.145. The second kappa shape index (κ2) is 9.15. The molecular weight excluding hydrogens is 426 g/mol. The number of benzene rings is 2. The lowest BCUT2D eigenvalue weighted by Crippen LogP contribution is -2.25. The van der Waals surface area contributed by atoms with Gasteiger partial charge < -0.3 is 10.1 Å². The van der Waals surface area contributed by atoms with Gasteiger partial charge in [0.2, 0.25) is 0 Å². The van der Waals surface area contributed by atoms with E-state index in [-0.39, 0.29) is 24.6 Å². The van der Waals surface area contributed by atoms with E-state index < -0.39 is 5.97 Å². The zero-order valence-electron chi connectivity index (χ0n) is 17.6. The van der Waals surface area contributed by atoms with Gasteiger partial charge in [0.15, 0.2) is 0 Å². The first kappa shape index (κ1) is 21.5. The summed E-state index contributed by atoms with van der Waals surface area (Å²) >= 11 is 1.15. The fourth-order valence-corrected chi connectivity index (χ4v) is 4.34. The molecule has 0 radical (unpaired) electrons. The molecule has 1 N–H and O–H groups in total. The van der Waals surface area contributed by atoms with Crippen LogP contribution >= 0.6 is 11.3 Å². The number of fused-ring (bicyclic) bond motifs is 1. The molecule has 1 amide bonds. The third kappa shape index (κ3) is 4.45. The first-order valence-corrected chi connectivity index (χ1v) is 10.8. The molecule has 0 saturated heterocycles. The predicted molar refractivity (Wildman–Crippen MR) is 124 cm³/mol. The van der Waals surface area contributed by atoms with E-state index in [1.165, 1.54) is 10.9 Å². The molecule has 0 aliphatic carbocycles. The lowest BCUT2D eigenvalue weighted by Gasteiger charge is -2.07. The highest BCUT2D eigenvalue weighted by atomic mass is 32.1. The third-order valence-electron chi connectivity index (χ3n) is 5.06. The van der Waals surface area contributed by atoms with Crippen LogP contribution in [-0.4, -0.2) is 21.4 Å². The maximum Gasteiger partial charge on any atom is 0.326 e. The number of amides is 1. The summed E-state index contributed by atoms with van der Waals surface area (Å²) in [6.45, 7) is 3.50. The number of anilines is 1. The highest BCUT2D eigenvalue weighted by molar-refractivity contribution is 7.20. The third-order valence-corrected chi connectivity index (χ3v) is 6.26. The molecule has 0 aliphatic rings. The van der Waals surface area contributed by atoms with Crippen LogP contribution in [0.25, 0.3) is 10.2 Å². The van der Waals surface area contributed by atoms with Crippen LogP contribution in [0.15, 0.2) is 65.7 Å². The number of nitrogens with one attached hydrogen (secondary N) is 1. The van der Waals surface area contributed by atoms with Crippen LogP contribution in [0.5, 0.6) is 0 Å². The normalized spacial score (nSPS) is 10.8. The summed E-state index contributed by atoms with van der Waals surface area (Å²) in [6, 6.07) is 16.8. The van der Waals surface area contributed by atoms with Crippen molar-refractivity contribution in [3.05, 3.63) is 92.8 Å². The van der Waals surface area contributed by atoms with Gasteiger partial charge in [-0.1, -0.05) is 48.5 Å². The molecule has 0 bridgehead atoms. The minimum atomic E-state index is -0.539. The van der Waals surface area contributed by atoms with Gasteiger partial charge in [-0.2, -0.15) is 0 Å². The molecule has 2 heterocycles. The molecule has 0 spiro atoms. The van der Waals surface area contributed by atoms with Crippen molar-refractivity contribution in [2.75, 3.05) is 5.32 Å². The molecule has 8 heteroatoms. The zero-order valence-corrected chi connectivity index (χ0v) is 18.4. The summed E-state index contributed by atoms with van der Waals surface area (Å²) in [6.07, 6.45) is 1.31. The number of ether oxygens (including phenoxy) is 1. The molecule has 0 atom stereocenters. The molecule has 0 unspecified atom stereocenters. The van der Waals surface area contributed by atoms with E-state index in [0.29, 0.717) is 26.3 Å². The zero-order chi connectivity index (χ0) is 22.7. The van der Waals surface area contributed by atoms with Gasteiger partial charge in [-0.3, -0.25) is 19.0 Å². The smallest absolute Gasteiger partial charge is 0.326 e. The van der Waals surface area contributed by atoms with E-state index in [2.05, 4.69) is 10.3 Å². The van der Waals surface area contributed by atoms with Gasteiger partial charge in [-0.05, 0) is 36.6 Å². The predicted octanol–water partition coefficient (Wildman–Crippen LogP) is 4.07. The number of nitrogens with zero attached hydrogens (tertiary/aromatic N) is 2. The van der Waals surface area contributed by atoms with Crippen molar-refractivity contribution in [3.63, 3.8) is 0 Å². The van der Waals surface area contributed by atoms with Gasteiger partial charge in [0, 0.05) is 5.69 Å². The number of hydrogen-bond acceptors (Lipinski definition) is 6. The fourth-order valence-electron chi connectivity index (χ4n) is 3.30. The Bertz CT molecular complexity index is 1360. The van der Waals surface area contributed by atoms with Crippen molar-refractivity contribution in [1.82, 2.24) is 9.55 Å². The van der Waals surface area contributed by atoms with Crippen LogP contribution in [0.1, 0.15) is 26.4 Å². The number of para-hydroxylation sites is 1. The van der Waals surface area contributed by atoms with E-state index in [0.717, 1.165) is 22.5 Å². The lowest BCUT2D eigenvalue weighted by atomic mass is 10.2. The standard InChI is InChI=1S/C24H21N3O4S/c1-15-8-6-7-11-18(15)26-22(29)21-16(2)20-23(32-21)25-14-27(24(20)30)12-19(28)31-13-17-9-4-3-5-10-17/h3-11,14H,12-13H2,1-2H3,(H,26,29). The Morgan fingerprint density at radius 3 is 2.53 bits per heavy atom. The van der Waals surface area contributed by atoms with E-state index >= 15 is 0 Å². The molecular formula is C24H21N3O4S. The first-order chi connectivity index (χ1) is 15.4. The number of esters is 1. The quantitative estimate of drug-likeness (QED) is 0.450. The maximum absolute atomic E-state index is 13.0. The maximum atomic E-state index is 13.0. The first-order valence-electron chi connectivity index (χ1n) is 9.99. The summed E-state index contributed by atoms with van der Waals surface area (Å²) in [5.41, 5.74) is 2.67. The molecule has 2 aromatic heterocycles. The van der Waals surface area contributed by atoms with Gasteiger partial charge in [-0.15, -0.1) is 11.3 Å². The van der Waals surface area contributed by atoms with Crippen molar-refractivity contribution in [2.45, 2.75) is 27.0 Å². The minimum absolute atomic E-state index is 0.130. The van der Waals surface area contributed by atoms with Crippen molar-refractivity contribution < 1.29 is 14.3 Å². The molecule has 2 aromatic carbocycles. The van der Waals surface area contributed by atoms with Crippen LogP contribution < -0.4 is 10.9 Å². The summed E-state index contributed by atoms with van der Waals surface area (Å²) in [5, 5.41) is 3.22. The molecule has 0 aliphatic heterocycles. The largest absolute Gasteiger partial charge is 0.459 e. The fraction of sp³-hybridized carbons (Fsp3) is 0.167. The van der Waals surface area contributed by atoms with Crippen molar-refractivity contribution in [1.29, 1.82) is 0 Å². The van der Waals surface area contributed by atoms with Crippen LogP contribution in [0.2, 0.25) is 0 Å². The van der Waals surface area contributed by atoms with Crippen LogP contribution in [0.3, 0.4) is 0 Å². The van der Waals surface area contributed by atoms with Crippen molar-refractivity contribution in [3.8, 4) is 0 Å². The second-order valence-corrected chi connectivity index (χ2v) is 8.33. The average molecular weight is 448 g/mol. The monoisotopic (exact) mass is 447 g/mol. The van der Waals surface area contributed by atoms with Gasteiger partial charge in [0.1, 0.15) is 18.0 Å². The van der Waals surface area contributed by atoms with Gasteiger partial charge in [0.25, 0.3) is 11.5 Å². The molecule has 162 valence electrons. The second-order valence-electron chi connectivity index (χ2n) is 7.33. The summed E-state index contributed by atoms with van der Waals surface area (Å²) in [5.74, 6) is -0.837. The Kier molecular flexibility index (Phi) is 6.13. The van der Waals surface area contributed by atoms with Gasteiger partial charge in [-0.25, -0.2) is 4.98 Å². The summed E-state index contributed by atoms with van der Waals surface area (Å²) in [4.78, 5) is 43.2. The minimum Gasteiger partial charge on any atom is -0.459 e. The Hall–Kier alpha value is -3.78. The molecule has 32 heavy (non-hydrogen) atoms. The molecule has 4 rings (SSSR count). The number of thiophene rings is 1. The summed E-state index contributed by atoms with van der Waals surface area (Å²) < 4.78 is 6.47. The topological polar surface area (TPSA) is 90.3 Å². The number of carbonyl (C=O) groups excluding carboxylic acids is 2. The number of carbonyl (C=O) groups is 2. The van der Waals surface area contributed by atoms with Gasteiger partial charge >= 0.3 is 5.97 Å². The van der Waals surface area contributed by atoms with Crippen LogP contribution in [0.4, 0.5) is 5.69 Å². The molecule has 0 saturated carbocycles. The number of rotatable bonds is 6. The summed E-state index contributed by atoms with van der Waals surface area (Å²) in [7, 11) is 0. The molecule has 0 fully saturated rings. The highest BCUT2D eigenvalue weighted by Gasteiger charge is 2.20. The van der Waals surface area contributed by atoms with Gasteiger partial charge in [0.05, 0.1) is 16.6 Å². The van der Waals surface area contributed by atoms with E-state index in [1.54, 1.807) is 6.92 Å². The SMILES string of the molecule is Cc1ccccc1NC(=O)c1sc2ncn(CC(=O)OCc3ccccc3)c(=O)c2c1C. The molecule has 4 aromatic rings.